The molecule has 0 aliphatic carbocycles. The topological polar surface area (TPSA) is 84.9 Å². The second-order valence-electron chi connectivity index (χ2n) is 9.62. The number of unbranched alkanes of at least 4 members (excludes halogenated alkanes) is 1. The van der Waals surface area contributed by atoms with Crippen molar-refractivity contribution >= 4 is 15.9 Å². The molecule has 1 amide bonds. The van der Waals surface area contributed by atoms with Crippen molar-refractivity contribution in [3.05, 3.63) is 59.2 Å². The van der Waals surface area contributed by atoms with Crippen molar-refractivity contribution in [2.45, 2.75) is 64.2 Å². The third-order valence-corrected chi connectivity index (χ3v) is 8.45. The van der Waals surface area contributed by atoms with Crippen LogP contribution in [0.15, 0.2) is 47.4 Å². The molecule has 0 radical (unpaired) electrons. The van der Waals surface area contributed by atoms with Crippen LogP contribution in [0.1, 0.15) is 55.7 Å². The predicted octanol–water partition coefficient (Wildman–Crippen LogP) is 4.89. The number of rotatable bonds is 11. The Bertz CT molecular complexity index is 1040. The van der Waals surface area contributed by atoms with Crippen LogP contribution in [0.25, 0.3) is 0 Å². The number of aryl methyl sites for hydroxylation is 3. The van der Waals surface area contributed by atoms with E-state index in [0.29, 0.717) is 28.3 Å². The summed E-state index contributed by atoms with van der Waals surface area (Å²) < 4.78 is 37.0. The zero-order valence-electron chi connectivity index (χ0n) is 23.1. The lowest BCUT2D eigenvalue weighted by Gasteiger charge is -2.32. The van der Waals surface area contributed by atoms with E-state index in [2.05, 4.69) is 35.1 Å². The summed E-state index contributed by atoms with van der Waals surface area (Å²) in [6, 6.07) is 14.1. The highest BCUT2D eigenvalue weighted by molar-refractivity contribution is 7.89. The van der Waals surface area contributed by atoms with Gasteiger partial charge in [-0.1, -0.05) is 43.7 Å². The lowest BCUT2D eigenvalue weighted by Crippen LogP contribution is -2.40. The normalized spacial score (nSPS) is 14.1. The van der Waals surface area contributed by atoms with Crippen molar-refractivity contribution in [2.24, 2.45) is 5.92 Å². The molecule has 8 heteroatoms. The summed E-state index contributed by atoms with van der Waals surface area (Å²) in [7, 11) is -0.279. The smallest absolute Gasteiger partial charge is 0.248 e. The Kier molecular flexibility index (Phi) is 13.1. The number of carbonyl (C=O) groups excluding carboxylic acids is 1. The van der Waals surface area contributed by atoms with Gasteiger partial charge < -0.3 is 14.4 Å². The monoisotopic (exact) mass is 532 g/mol. The number of ether oxygens (including phenoxy) is 2. The average Bonchev–Trinajstić information content (AvgIpc) is 2.88. The zero-order chi connectivity index (χ0) is 27.3. The van der Waals surface area contributed by atoms with Crippen LogP contribution in [0, 0.1) is 19.8 Å². The number of piperidine rings is 1. The number of carbonyl (C=O) groups is 1. The Morgan fingerprint density at radius 3 is 2.22 bits per heavy atom. The minimum Gasteiger partial charge on any atom is -0.497 e. The molecule has 1 aliphatic heterocycles. The quantitative estimate of drug-likeness (QED) is 0.417. The molecule has 206 valence electrons. The van der Waals surface area contributed by atoms with Crippen LogP contribution in [-0.4, -0.2) is 59.7 Å². The second-order valence-corrected chi connectivity index (χ2v) is 11.3. The standard InChI is InChI=1S/C16H23NO2.C13H21NO3S/c1-19-13-16(18)17-11-9-15(10-12-17)8-7-14-5-3-2-4-6-14;1-5-6-7-14-18(15,16)13-10(2)8-12(17-4)9-11(13)3/h2-6,15H,7-13H2,1H3;8-9,14H,5-7H2,1-4H3. The SMILES string of the molecule is CCCCNS(=O)(=O)c1c(C)cc(OC)cc1C.COCC(=O)N1CCC(CCc2ccccc2)CC1. The van der Waals surface area contributed by atoms with Crippen molar-refractivity contribution < 1.29 is 22.7 Å². The molecule has 1 aliphatic rings. The molecule has 0 aromatic heterocycles. The first-order chi connectivity index (χ1) is 17.7. The van der Waals surface area contributed by atoms with Gasteiger partial charge >= 0.3 is 0 Å². The molecule has 1 heterocycles. The molecule has 0 atom stereocenters. The van der Waals surface area contributed by atoms with Gasteiger partial charge in [-0.15, -0.1) is 0 Å². The van der Waals surface area contributed by atoms with Crippen LogP contribution in [0.5, 0.6) is 5.75 Å². The number of sulfonamides is 1. The summed E-state index contributed by atoms with van der Waals surface area (Å²) in [5.74, 6) is 1.56. The fourth-order valence-corrected chi connectivity index (χ4v) is 6.13. The number of methoxy groups -OCH3 is 2. The molecule has 1 saturated heterocycles. The Morgan fingerprint density at radius 1 is 1.05 bits per heavy atom. The molecule has 0 bridgehead atoms. The fraction of sp³-hybridized carbons (Fsp3) is 0.552. The molecule has 3 rings (SSSR count). The van der Waals surface area contributed by atoms with Crippen LogP contribution >= 0.6 is 0 Å². The Labute approximate surface area is 223 Å². The predicted molar refractivity (Wildman–Crippen MR) is 149 cm³/mol. The molecule has 7 nitrogen and oxygen atoms in total. The molecule has 1 fully saturated rings. The highest BCUT2D eigenvalue weighted by atomic mass is 32.2. The van der Waals surface area contributed by atoms with Gasteiger partial charge in [-0.25, -0.2) is 13.1 Å². The molecular formula is C29H44N2O5S. The first-order valence-electron chi connectivity index (χ1n) is 13.2. The van der Waals surface area contributed by atoms with E-state index in [-0.39, 0.29) is 12.5 Å². The van der Waals surface area contributed by atoms with E-state index >= 15 is 0 Å². The molecule has 2 aromatic rings. The minimum atomic E-state index is -3.42. The molecule has 0 unspecified atom stereocenters. The van der Waals surface area contributed by atoms with Gasteiger partial charge in [-0.2, -0.15) is 0 Å². The third-order valence-electron chi connectivity index (χ3n) is 6.68. The number of benzene rings is 2. The minimum absolute atomic E-state index is 0.129. The molecule has 2 aromatic carbocycles. The summed E-state index contributed by atoms with van der Waals surface area (Å²) in [4.78, 5) is 14.0. The van der Waals surface area contributed by atoms with Crippen molar-refractivity contribution in [3.63, 3.8) is 0 Å². The van der Waals surface area contributed by atoms with Gasteiger partial charge in [0, 0.05) is 26.7 Å². The average molecular weight is 533 g/mol. The molecule has 0 saturated carbocycles. The van der Waals surface area contributed by atoms with E-state index in [1.165, 1.54) is 12.0 Å². The van der Waals surface area contributed by atoms with E-state index in [9.17, 15) is 13.2 Å². The highest BCUT2D eigenvalue weighted by Crippen LogP contribution is 2.25. The summed E-state index contributed by atoms with van der Waals surface area (Å²) in [5, 5.41) is 0. The van der Waals surface area contributed by atoms with Gasteiger partial charge in [0.2, 0.25) is 15.9 Å². The van der Waals surface area contributed by atoms with Gasteiger partial charge in [0.15, 0.2) is 0 Å². The van der Waals surface area contributed by atoms with Crippen molar-refractivity contribution in [1.29, 1.82) is 0 Å². The number of hydrogen-bond acceptors (Lipinski definition) is 5. The van der Waals surface area contributed by atoms with E-state index < -0.39 is 10.0 Å². The van der Waals surface area contributed by atoms with E-state index in [4.69, 9.17) is 9.47 Å². The summed E-state index contributed by atoms with van der Waals surface area (Å²) in [6.45, 7) is 8.06. The van der Waals surface area contributed by atoms with Gasteiger partial charge in [0.1, 0.15) is 12.4 Å². The van der Waals surface area contributed by atoms with Crippen LogP contribution in [0.3, 0.4) is 0 Å². The summed E-state index contributed by atoms with van der Waals surface area (Å²) in [5.41, 5.74) is 2.83. The van der Waals surface area contributed by atoms with Gasteiger partial charge in [-0.05, 0) is 80.7 Å². The van der Waals surface area contributed by atoms with Gasteiger partial charge in [-0.3, -0.25) is 4.79 Å². The van der Waals surface area contributed by atoms with Crippen LogP contribution in [0.2, 0.25) is 0 Å². The van der Waals surface area contributed by atoms with Crippen LogP contribution in [0.4, 0.5) is 0 Å². The van der Waals surface area contributed by atoms with E-state index in [1.54, 1.807) is 40.2 Å². The Morgan fingerprint density at radius 2 is 1.68 bits per heavy atom. The number of amides is 1. The Balaban J connectivity index is 0.000000261. The van der Waals surface area contributed by atoms with Crippen molar-refractivity contribution in [2.75, 3.05) is 40.5 Å². The summed E-state index contributed by atoms with van der Waals surface area (Å²) >= 11 is 0. The Hall–Kier alpha value is -2.42. The van der Waals surface area contributed by atoms with Gasteiger partial charge in [0.05, 0.1) is 12.0 Å². The number of nitrogens with one attached hydrogen (secondary N) is 1. The molecule has 37 heavy (non-hydrogen) atoms. The van der Waals surface area contributed by atoms with Crippen LogP contribution in [-0.2, 0) is 26.0 Å². The first-order valence-corrected chi connectivity index (χ1v) is 14.7. The van der Waals surface area contributed by atoms with E-state index in [0.717, 1.165) is 51.1 Å². The maximum Gasteiger partial charge on any atom is 0.248 e. The number of nitrogens with zero attached hydrogens (tertiary/aromatic N) is 1. The maximum atomic E-state index is 12.2. The van der Waals surface area contributed by atoms with Crippen molar-refractivity contribution in [1.82, 2.24) is 9.62 Å². The second kappa shape index (κ2) is 15.7. The molecular weight excluding hydrogens is 488 g/mol. The van der Waals surface area contributed by atoms with Crippen LogP contribution < -0.4 is 9.46 Å². The zero-order valence-corrected chi connectivity index (χ0v) is 23.9. The maximum absolute atomic E-state index is 12.2. The van der Waals surface area contributed by atoms with E-state index in [1.807, 2.05) is 11.8 Å². The molecule has 0 spiro atoms. The largest absolute Gasteiger partial charge is 0.497 e. The third kappa shape index (κ3) is 10.1. The van der Waals surface area contributed by atoms with Gasteiger partial charge in [0.25, 0.3) is 0 Å². The number of likely N-dealkylation sites (tertiary alicyclic amines) is 1. The first kappa shape index (κ1) is 30.8. The number of hydrogen-bond donors (Lipinski definition) is 1. The molecule has 1 N–H and O–H groups in total. The highest BCUT2D eigenvalue weighted by Gasteiger charge is 2.22. The fourth-order valence-electron chi connectivity index (χ4n) is 4.61. The lowest BCUT2D eigenvalue weighted by atomic mass is 9.90. The lowest BCUT2D eigenvalue weighted by molar-refractivity contribution is -0.136. The van der Waals surface area contributed by atoms with Crippen molar-refractivity contribution in [3.8, 4) is 5.75 Å². The summed E-state index contributed by atoms with van der Waals surface area (Å²) in [6.07, 6.45) is 6.44.